The fourth-order valence-corrected chi connectivity index (χ4v) is 2.52. The predicted molar refractivity (Wildman–Crippen MR) is 81.1 cm³/mol. The normalized spacial score (nSPS) is 14.0. The number of aromatic nitrogens is 2. The van der Waals surface area contributed by atoms with E-state index in [-0.39, 0.29) is 11.7 Å². The first-order chi connectivity index (χ1) is 10.5. The average molecular weight is 309 g/mol. The first-order valence-corrected chi connectivity index (χ1v) is 7.34. The van der Waals surface area contributed by atoms with Gasteiger partial charge < -0.3 is 10.4 Å². The second-order valence-electron chi connectivity index (χ2n) is 5.69. The zero-order valence-electron chi connectivity index (χ0n) is 12.7. The molecule has 0 bridgehead atoms. The fourth-order valence-electron chi connectivity index (χ4n) is 2.52. The third-order valence-corrected chi connectivity index (χ3v) is 3.48. The Bertz CT molecular complexity index is 593. The number of aromatic amines is 1. The molecule has 0 fully saturated rings. The Morgan fingerprint density at radius 2 is 1.95 bits per heavy atom. The summed E-state index contributed by atoms with van der Waals surface area (Å²) in [6, 6.07) is 3.78. The lowest BCUT2D eigenvalue weighted by Gasteiger charge is -2.14. The van der Waals surface area contributed by atoms with Crippen LogP contribution in [0.5, 0.6) is 0 Å². The summed E-state index contributed by atoms with van der Waals surface area (Å²) >= 11 is 0. The Morgan fingerprint density at radius 3 is 2.59 bits per heavy atom. The lowest BCUT2D eigenvalue weighted by Crippen LogP contribution is -2.23. The minimum absolute atomic E-state index is 0.0890. The number of H-pyrrole nitrogens is 1. The van der Waals surface area contributed by atoms with Crippen LogP contribution >= 0.6 is 0 Å². The number of hydrogen-bond acceptors (Lipinski definition) is 3. The fraction of sp³-hybridized carbons (Fsp3) is 0.438. The van der Waals surface area contributed by atoms with Crippen molar-refractivity contribution in [2.24, 2.45) is 5.92 Å². The van der Waals surface area contributed by atoms with E-state index in [0.717, 1.165) is 0 Å². The van der Waals surface area contributed by atoms with E-state index in [1.807, 2.05) is 6.92 Å². The summed E-state index contributed by atoms with van der Waals surface area (Å²) in [6.07, 6.45) is 1.93. The van der Waals surface area contributed by atoms with Gasteiger partial charge in [-0.2, -0.15) is 5.10 Å². The zero-order chi connectivity index (χ0) is 16.1. The molecule has 2 unspecified atom stereocenters. The van der Waals surface area contributed by atoms with Crippen molar-refractivity contribution >= 4 is 0 Å². The first-order valence-electron chi connectivity index (χ1n) is 7.34. The summed E-state index contributed by atoms with van der Waals surface area (Å²) in [7, 11) is 0. The highest BCUT2D eigenvalue weighted by Gasteiger charge is 2.16. The Labute approximate surface area is 128 Å². The van der Waals surface area contributed by atoms with Gasteiger partial charge in [-0.25, -0.2) is 8.78 Å². The van der Waals surface area contributed by atoms with Crippen LogP contribution in [0.3, 0.4) is 0 Å². The Hall–Kier alpha value is -1.79. The van der Waals surface area contributed by atoms with Crippen molar-refractivity contribution in [2.45, 2.75) is 32.9 Å². The van der Waals surface area contributed by atoms with Gasteiger partial charge in [-0.3, -0.25) is 5.10 Å². The molecule has 1 aromatic carbocycles. The third kappa shape index (κ3) is 4.11. The van der Waals surface area contributed by atoms with Gasteiger partial charge in [0.1, 0.15) is 11.6 Å². The highest BCUT2D eigenvalue weighted by Crippen LogP contribution is 2.26. The number of aliphatic hydroxyl groups is 1. The largest absolute Gasteiger partial charge is 0.393 e. The molecule has 0 aliphatic heterocycles. The molecule has 2 rings (SSSR count). The van der Waals surface area contributed by atoms with Crippen molar-refractivity contribution in [2.75, 3.05) is 6.54 Å². The van der Waals surface area contributed by atoms with Crippen LogP contribution in [0.2, 0.25) is 0 Å². The number of aliphatic hydroxyl groups excluding tert-OH is 1. The molecular weight excluding hydrogens is 288 g/mol. The SMILES string of the molecule is CC(O)CC(C)CNCc1cn[nH]c1-c1c(F)cccc1F. The van der Waals surface area contributed by atoms with Crippen molar-refractivity contribution in [1.82, 2.24) is 15.5 Å². The summed E-state index contributed by atoms with van der Waals surface area (Å²) < 4.78 is 27.7. The molecule has 0 saturated carbocycles. The molecule has 0 aliphatic rings. The van der Waals surface area contributed by atoms with Crippen LogP contribution in [-0.4, -0.2) is 28.0 Å². The number of rotatable bonds is 7. The van der Waals surface area contributed by atoms with Crippen LogP contribution in [0, 0.1) is 17.6 Å². The maximum absolute atomic E-state index is 13.9. The summed E-state index contributed by atoms with van der Waals surface area (Å²) in [5.41, 5.74) is 0.966. The van der Waals surface area contributed by atoms with Gasteiger partial charge in [-0.1, -0.05) is 13.0 Å². The van der Waals surface area contributed by atoms with Crippen molar-refractivity contribution in [1.29, 1.82) is 0 Å². The topological polar surface area (TPSA) is 60.9 Å². The molecule has 1 heterocycles. The van der Waals surface area contributed by atoms with Gasteiger partial charge in [0.2, 0.25) is 0 Å². The molecule has 120 valence electrons. The molecule has 0 aliphatic carbocycles. The van der Waals surface area contributed by atoms with Gasteiger partial charge in [0.15, 0.2) is 0 Å². The van der Waals surface area contributed by atoms with Gasteiger partial charge in [-0.15, -0.1) is 0 Å². The molecule has 3 N–H and O–H groups in total. The summed E-state index contributed by atoms with van der Waals surface area (Å²) in [6.45, 7) is 4.94. The molecule has 0 amide bonds. The number of hydrogen-bond donors (Lipinski definition) is 3. The number of benzene rings is 1. The number of nitrogens with one attached hydrogen (secondary N) is 2. The molecular formula is C16H21F2N3O. The van der Waals surface area contributed by atoms with Gasteiger partial charge in [0.25, 0.3) is 0 Å². The Morgan fingerprint density at radius 1 is 1.27 bits per heavy atom. The van der Waals surface area contributed by atoms with Gasteiger partial charge in [0, 0.05) is 12.1 Å². The van der Waals surface area contributed by atoms with Crippen molar-refractivity contribution in [3.05, 3.63) is 41.6 Å². The zero-order valence-corrected chi connectivity index (χ0v) is 12.7. The Balaban J connectivity index is 2.04. The maximum Gasteiger partial charge on any atom is 0.135 e. The molecule has 4 nitrogen and oxygen atoms in total. The molecule has 0 radical (unpaired) electrons. The lowest BCUT2D eigenvalue weighted by atomic mass is 10.0. The predicted octanol–water partition coefficient (Wildman–Crippen LogP) is 2.85. The van der Waals surface area contributed by atoms with E-state index in [1.54, 1.807) is 13.1 Å². The van der Waals surface area contributed by atoms with Crippen LogP contribution in [0.25, 0.3) is 11.3 Å². The van der Waals surface area contributed by atoms with E-state index in [2.05, 4.69) is 15.5 Å². The number of nitrogens with zero attached hydrogens (tertiary/aromatic N) is 1. The maximum atomic E-state index is 13.9. The highest BCUT2D eigenvalue weighted by atomic mass is 19.1. The summed E-state index contributed by atoms with van der Waals surface area (Å²) in [5.74, 6) is -0.929. The highest BCUT2D eigenvalue weighted by molar-refractivity contribution is 5.64. The van der Waals surface area contributed by atoms with Crippen molar-refractivity contribution in [3.63, 3.8) is 0 Å². The standard InChI is InChI=1S/C16H21F2N3O/c1-10(6-11(2)22)7-19-8-12-9-20-21-16(12)15-13(17)4-3-5-14(15)18/h3-5,9-11,19,22H,6-8H2,1-2H3,(H,20,21). The second-order valence-corrected chi connectivity index (χ2v) is 5.69. The van der Waals surface area contributed by atoms with E-state index in [9.17, 15) is 13.9 Å². The second kappa shape index (κ2) is 7.47. The van der Waals surface area contributed by atoms with Crippen molar-refractivity contribution < 1.29 is 13.9 Å². The minimum atomic E-state index is -0.618. The first kappa shape index (κ1) is 16.6. The van der Waals surface area contributed by atoms with Crippen LogP contribution in [0.4, 0.5) is 8.78 Å². The van der Waals surface area contributed by atoms with E-state index in [1.165, 1.54) is 18.2 Å². The molecule has 2 aromatic rings. The lowest BCUT2D eigenvalue weighted by molar-refractivity contribution is 0.163. The smallest absolute Gasteiger partial charge is 0.135 e. The van der Waals surface area contributed by atoms with E-state index in [4.69, 9.17) is 0 Å². The van der Waals surface area contributed by atoms with Crippen LogP contribution in [0.1, 0.15) is 25.8 Å². The monoisotopic (exact) mass is 309 g/mol. The van der Waals surface area contributed by atoms with Gasteiger partial charge >= 0.3 is 0 Å². The summed E-state index contributed by atoms with van der Waals surface area (Å²) in [5, 5.41) is 19.1. The average Bonchev–Trinajstić information content (AvgIpc) is 2.86. The molecule has 0 spiro atoms. The number of halogens is 2. The van der Waals surface area contributed by atoms with E-state index in [0.29, 0.717) is 36.7 Å². The van der Waals surface area contributed by atoms with Crippen LogP contribution in [-0.2, 0) is 6.54 Å². The minimum Gasteiger partial charge on any atom is -0.393 e. The molecule has 0 saturated heterocycles. The van der Waals surface area contributed by atoms with Gasteiger partial charge in [0.05, 0.1) is 23.6 Å². The van der Waals surface area contributed by atoms with E-state index < -0.39 is 11.6 Å². The molecule has 6 heteroatoms. The van der Waals surface area contributed by atoms with Crippen molar-refractivity contribution in [3.8, 4) is 11.3 Å². The quantitative estimate of drug-likeness (QED) is 0.737. The summed E-state index contributed by atoms with van der Waals surface area (Å²) in [4.78, 5) is 0. The van der Waals surface area contributed by atoms with Crippen LogP contribution in [0.15, 0.2) is 24.4 Å². The van der Waals surface area contributed by atoms with Crippen LogP contribution < -0.4 is 5.32 Å². The van der Waals surface area contributed by atoms with E-state index >= 15 is 0 Å². The molecule has 22 heavy (non-hydrogen) atoms. The third-order valence-electron chi connectivity index (χ3n) is 3.48. The van der Waals surface area contributed by atoms with Gasteiger partial charge in [-0.05, 0) is 37.9 Å². The molecule has 2 atom stereocenters. The molecule has 1 aromatic heterocycles. The Kier molecular flexibility index (Phi) is 5.63.